The van der Waals surface area contributed by atoms with Crippen LogP contribution in [0.25, 0.3) is 0 Å². The number of nitrogens with zero attached hydrogens (tertiary/aromatic N) is 1. The maximum atomic E-state index is 12.9. The van der Waals surface area contributed by atoms with Gasteiger partial charge >= 0.3 is 7.82 Å². The van der Waals surface area contributed by atoms with Crippen molar-refractivity contribution >= 4 is 13.7 Å². The summed E-state index contributed by atoms with van der Waals surface area (Å²) in [5, 5.41) is 13.9. The third-order valence-corrected chi connectivity index (χ3v) is 12.7. The lowest BCUT2D eigenvalue weighted by Gasteiger charge is -2.26. The van der Waals surface area contributed by atoms with Crippen molar-refractivity contribution in [2.24, 2.45) is 0 Å². The molecule has 0 aromatic carbocycles. The number of quaternary nitrogens is 1. The molecule has 8 nitrogen and oxygen atoms in total. The lowest BCUT2D eigenvalue weighted by atomic mass is 10.0. The van der Waals surface area contributed by atoms with E-state index < -0.39 is 20.0 Å². The highest BCUT2D eigenvalue weighted by molar-refractivity contribution is 7.47. The standard InChI is InChI=1S/C50H101N2O6P/c1-6-8-10-12-14-16-18-19-20-21-22-23-24-25-26-27-28-29-30-31-32-33-34-36-38-40-42-44-50(54)51-48(47-58-59(55,56)57-46-45-52(3,4)5)49(53)43-41-39-37-35-17-15-13-11-9-7-2/h21-22,48-49,53H,6-20,23-47H2,1-5H3,(H-,51,54,55,56)/p+1/b22-21-. The minimum atomic E-state index is -4.31. The van der Waals surface area contributed by atoms with Crippen LogP contribution >= 0.6 is 7.82 Å². The fourth-order valence-electron chi connectivity index (χ4n) is 7.69. The molecule has 3 atom stereocenters. The number of unbranched alkanes of at least 4 members (excludes halogenated alkanes) is 32. The van der Waals surface area contributed by atoms with E-state index in [1.54, 1.807) is 0 Å². The average molecular weight is 858 g/mol. The second-order valence-corrected chi connectivity index (χ2v) is 20.4. The van der Waals surface area contributed by atoms with Crippen molar-refractivity contribution in [3.8, 4) is 0 Å². The van der Waals surface area contributed by atoms with Crippen molar-refractivity contribution in [1.29, 1.82) is 0 Å². The highest BCUT2D eigenvalue weighted by atomic mass is 31.2. The second-order valence-electron chi connectivity index (χ2n) is 18.9. The van der Waals surface area contributed by atoms with E-state index in [0.29, 0.717) is 23.9 Å². The van der Waals surface area contributed by atoms with Gasteiger partial charge in [0.05, 0.1) is 39.9 Å². The van der Waals surface area contributed by atoms with Crippen molar-refractivity contribution in [2.45, 2.75) is 264 Å². The molecule has 0 aromatic heterocycles. The molecular weight excluding hydrogens is 756 g/mol. The van der Waals surface area contributed by atoms with E-state index in [1.165, 1.54) is 186 Å². The molecule has 352 valence electrons. The lowest BCUT2D eigenvalue weighted by molar-refractivity contribution is -0.870. The number of phosphoric acid groups is 1. The van der Waals surface area contributed by atoms with Gasteiger partial charge < -0.3 is 19.8 Å². The number of hydrogen-bond acceptors (Lipinski definition) is 5. The van der Waals surface area contributed by atoms with Crippen molar-refractivity contribution in [3.05, 3.63) is 12.2 Å². The molecule has 0 aliphatic heterocycles. The summed E-state index contributed by atoms with van der Waals surface area (Å²) in [5.41, 5.74) is 0. The highest BCUT2D eigenvalue weighted by Gasteiger charge is 2.28. The Morgan fingerprint density at radius 1 is 0.559 bits per heavy atom. The molecule has 0 rings (SSSR count). The van der Waals surface area contributed by atoms with Gasteiger partial charge in [-0.15, -0.1) is 0 Å². The molecule has 0 saturated carbocycles. The number of aliphatic hydroxyl groups excluding tert-OH is 1. The molecule has 0 aromatic rings. The summed E-state index contributed by atoms with van der Waals surface area (Å²) in [6, 6.07) is -0.755. The van der Waals surface area contributed by atoms with Crippen LogP contribution in [-0.2, 0) is 18.4 Å². The number of amides is 1. The summed E-state index contributed by atoms with van der Waals surface area (Å²) in [5.74, 6) is -0.142. The van der Waals surface area contributed by atoms with Crippen LogP contribution in [0, 0.1) is 0 Å². The molecule has 0 bridgehead atoms. The summed E-state index contributed by atoms with van der Waals surface area (Å²) < 4.78 is 23.6. The normalized spacial score (nSPS) is 14.2. The van der Waals surface area contributed by atoms with E-state index in [-0.39, 0.29) is 19.1 Å². The summed E-state index contributed by atoms with van der Waals surface area (Å²) in [6.07, 6.45) is 49.8. The van der Waals surface area contributed by atoms with E-state index in [0.717, 1.165) is 38.5 Å². The lowest BCUT2D eigenvalue weighted by Crippen LogP contribution is -2.46. The summed E-state index contributed by atoms with van der Waals surface area (Å²) in [4.78, 5) is 23.2. The third-order valence-electron chi connectivity index (χ3n) is 11.8. The molecular formula is C50H102N2O6P+. The Labute approximate surface area is 367 Å². The van der Waals surface area contributed by atoms with Crippen LogP contribution in [0.3, 0.4) is 0 Å². The van der Waals surface area contributed by atoms with Crippen LogP contribution in [0.1, 0.15) is 251 Å². The fraction of sp³-hybridized carbons (Fsp3) is 0.940. The molecule has 0 spiro atoms. The first kappa shape index (κ1) is 58.2. The molecule has 0 radical (unpaired) electrons. The number of carbonyl (C=O) groups excluding carboxylic acids is 1. The number of rotatable bonds is 47. The molecule has 3 unspecified atom stereocenters. The minimum absolute atomic E-state index is 0.0770. The van der Waals surface area contributed by atoms with Crippen LogP contribution in [-0.4, -0.2) is 73.4 Å². The molecule has 0 saturated heterocycles. The fourth-order valence-corrected chi connectivity index (χ4v) is 8.43. The first-order chi connectivity index (χ1) is 28.5. The van der Waals surface area contributed by atoms with Gasteiger partial charge in [0, 0.05) is 6.42 Å². The van der Waals surface area contributed by atoms with Crippen molar-refractivity contribution in [1.82, 2.24) is 5.32 Å². The number of likely N-dealkylation sites (N-methyl/N-ethyl adjacent to an activating group) is 1. The molecule has 0 heterocycles. The summed E-state index contributed by atoms with van der Waals surface area (Å²) in [7, 11) is 1.62. The van der Waals surface area contributed by atoms with Gasteiger partial charge in [0.2, 0.25) is 5.91 Å². The molecule has 59 heavy (non-hydrogen) atoms. The molecule has 1 amide bonds. The summed E-state index contributed by atoms with van der Waals surface area (Å²) >= 11 is 0. The number of phosphoric ester groups is 1. The Morgan fingerprint density at radius 3 is 1.31 bits per heavy atom. The van der Waals surface area contributed by atoms with Gasteiger partial charge in [0.15, 0.2) is 0 Å². The molecule has 0 aliphatic carbocycles. The van der Waals surface area contributed by atoms with Crippen molar-refractivity contribution in [2.75, 3.05) is 40.9 Å². The van der Waals surface area contributed by atoms with Gasteiger partial charge in [-0.25, -0.2) is 4.57 Å². The van der Waals surface area contributed by atoms with Gasteiger partial charge in [-0.05, 0) is 38.5 Å². The highest BCUT2D eigenvalue weighted by Crippen LogP contribution is 2.43. The van der Waals surface area contributed by atoms with Crippen LogP contribution in [0.15, 0.2) is 12.2 Å². The van der Waals surface area contributed by atoms with E-state index >= 15 is 0 Å². The quantitative estimate of drug-likeness (QED) is 0.0244. The maximum Gasteiger partial charge on any atom is 0.472 e. The molecule has 0 fully saturated rings. The average Bonchev–Trinajstić information content (AvgIpc) is 3.19. The molecule has 0 aliphatic rings. The monoisotopic (exact) mass is 858 g/mol. The predicted molar refractivity (Wildman–Crippen MR) is 254 cm³/mol. The predicted octanol–water partition coefficient (Wildman–Crippen LogP) is 14.7. The topological polar surface area (TPSA) is 105 Å². The number of nitrogens with one attached hydrogen (secondary N) is 1. The molecule has 9 heteroatoms. The van der Waals surface area contributed by atoms with Crippen LogP contribution in [0.2, 0.25) is 0 Å². The van der Waals surface area contributed by atoms with E-state index in [9.17, 15) is 19.4 Å². The Balaban J connectivity index is 4.03. The van der Waals surface area contributed by atoms with Gasteiger partial charge in [0.25, 0.3) is 0 Å². The van der Waals surface area contributed by atoms with E-state index in [4.69, 9.17) is 9.05 Å². The summed E-state index contributed by atoms with van der Waals surface area (Å²) in [6.45, 7) is 4.89. The number of hydrogen-bond donors (Lipinski definition) is 3. The number of allylic oxidation sites excluding steroid dienone is 2. The first-order valence-electron chi connectivity index (χ1n) is 25.6. The zero-order valence-corrected chi connectivity index (χ0v) is 40.9. The van der Waals surface area contributed by atoms with Crippen molar-refractivity contribution < 1.29 is 32.9 Å². The van der Waals surface area contributed by atoms with E-state index in [2.05, 4.69) is 31.3 Å². The number of aliphatic hydroxyl groups is 1. The molecule has 3 N–H and O–H groups in total. The van der Waals surface area contributed by atoms with Crippen molar-refractivity contribution in [3.63, 3.8) is 0 Å². The van der Waals surface area contributed by atoms with Crippen LogP contribution in [0.5, 0.6) is 0 Å². The minimum Gasteiger partial charge on any atom is -0.391 e. The second kappa shape index (κ2) is 42.5. The SMILES string of the molecule is CCCCCCCCCC/C=C\CCCCCCCCCCCCCCCCCC(=O)NC(COP(=O)(O)OCC[N+](C)(C)C)C(O)CCCCCCCCCCCC. The first-order valence-corrected chi connectivity index (χ1v) is 27.0. The number of carbonyl (C=O) groups is 1. The Kier molecular flexibility index (Phi) is 42.0. The Morgan fingerprint density at radius 2 is 0.915 bits per heavy atom. The smallest absolute Gasteiger partial charge is 0.391 e. The Hall–Kier alpha value is -0.760. The Bertz CT molecular complexity index is 974. The van der Waals surface area contributed by atoms with Gasteiger partial charge in [-0.3, -0.25) is 13.8 Å². The van der Waals surface area contributed by atoms with Gasteiger partial charge in [-0.2, -0.15) is 0 Å². The van der Waals surface area contributed by atoms with E-state index in [1.807, 2.05) is 21.1 Å². The maximum absolute atomic E-state index is 12.9. The van der Waals surface area contributed by atoms with Crippen LogP contribution < -0.4 is 5.32 Å². The zero-order valence-electron chi connectivity index (χ0n) is 40.0. The largest absolute Gasteiger partial charge is 0.472 e. The van der Waals surface area contributed by atoms with Gasteiger partial charge in [0.1, 0.15) is 13.2 Å². The third kappa shape index (κ3) is 45.1. The van der Waals surface area contributed by atoms with Gasteiger partial charge in [-0.1, -0.05) is 219 Å². The van der Waals surface area contributed by atoms with Crippen LogP contribution in [0.4, 0.5) is 0 Å². The zero-order chi connectivity index (χ0) is 43.6.